The molecule has 1 nitrogen and oxygen atoms in total. The summed E-state index contributed by atoms with van der Waals surface area (Å²) in [5.41, 5.74) is -0.0752. The highest BCUT2D eigenvalue weighted by Crippen LogP contribution is 2.43. The Morgan fingerprint density at radius 2 is 1.73 bits per heavy atom. The predicted octanol–water partition coefficient (Wildman–Crippen LogP) is 4.65. The molecule has 0 bridgehead atoms. The fourth-order valence-corrected chi connectivity index (χ4v) is 5.37. The van der Waals surface area contributed by atoms with Gasteiger partial charge in [0.05, 0.1) is 13.0 Å². The van der Waals surface area contributed by atoms with Crippen molar-refractivity contribution in [2.45, 2.75) is 18.4 Å². The molecule has 0 saturated heterocycles. The molecule has 1 aromatic rings. The number of ether oxygens (including phenoxy) is 1. The molecule has 0 amide bonds. The van der Waals surface area contributed by atoms with Crippen molar-refractivity contribution in [1.29, 1.82) is 0 Å². The van der Waals surface area contributed by atoms with Gasteiger partial charge in [-0.15, -0.1) is 11.6 Å². The molecule has 1 aliphatic rings. The second-order valence-electron chi connectivity index (χ2n) is 3.62. The Kier molecular flexibility index (Phi) is 4.32. The maximum absolute atomic E-state index is 6.03. The normalized spacial score (nSPS) is 17.6. The van der Waals surface area contributed by atoms with Gasteiger partial charge in [-0.2, -0.15) is 0 Å². The summed E-state index contributed by atoms with van der Waals surface area (Å²) in [5.74, 6) is 1.58. The highest BCUT2D eigenvalue weighted by molar-refractivity contribution is 14.1. The fraction of sp³-hybridized carbons (Fsp3) is 0.400. The zero-order valence-electron chi connectivity index (χ0n) is 7.70. The van der Waals surface area contributed by atoms with E-state index in [-0.39, 0.29) is 5.60 Å². The van der Waals surface area contributed by atoms with E-state index >= 15 is 0 Å². The average Bonchev–Trinajstić information content (AvgIpc) is 2.92. The van der Waals surface area contributed by atoms with Crippen LogP contribution in [0.15, 0.2) is 12.1 Å². The quantitative estimate of drug-likeness (QED) is 0.387. The molecular weight excluding hydrogens is 552 g/mol. The number of hydrogen-bond donors (Lipinski definition) is 0. The van der Waals surface area contributed by atoms with E-state index in [0.29, 0.717) is 5.88 Å². The van der Waals surface area contributed by atoms with E-state index in [0.717, 1.165) is 18.6 Å². The van der Waals surface area contributed by atoms with Gasteiger partial charge in [0.2, 0.25) is 0 Å². The van der Waals surface area contributed by atoms with Crippen LogP contribution < -0.4 is 4.74 Å². The van der Waals surface area contributed by atoms with Crippen LogP contribution in [-0.2, 0) is 0 Å². The van der Waals surface area contributed by atoms with E-state index in [2.05, 4.69) is 79.9 Å². The minimum Gasteiger partial charge on any atom is -0.484 e. The minimum atomic E-state index is -0.0752. The topological polar surface area (TPSA) is 9.23 Å². The van der Waals surface area contributed by atoms with Crippen molar-refractivity contribution < 1.29 is 4.74 Å². The van der Waals surface area contributed by atoms with Crippen LogP contribution in [0.5, 0.6) is 5.75 Å². The van der Waals surface area contributed by atoms with Gasteiger partial charge in [0.15, 0.2) is 0 Å². The standard InChI is InChI=1S/C10H8ClI3O/c11-5-10(1-2-10)15-9-7(13)3-6(12)4-8(9)14/h3-4H,1-2,5H2. The first-order valence-electron chi connectivity index (χ1n) is 4.46. The Morgan fingerprint density at radius 1 is 1.20 bits per heavy atom. The highest BCUT2D eigenvalue weighted by Gasteiger charge is 2.45. The summed E-state index contributed by atoms with van der Waals surface area (Å²) in [6.45, 7) is 0. The third-order valence-electron chi connectivity index (χ3n) is 2.33. The van der Waals surface area contributed by atoms with E-state index in [9.17, 15) is 0 Å². The summed E-state index contributed by atoms with van der Waals surface area (Å²) in [5, 5.41) is 0. The summed E-state index contributed by atoms with van der Waals surface area (Å²) in [4.78, 5) is 0. The van der Waals surface area contributed by atoms with Crippen LogP contribution in [0.3, 0.4) is 0 Å². The Hall–Kier alpha value is 1.50. The Balaban J connectivity index is 2.28. The Bertz CT molecular complexity index is 367. The summed E-state index contributed by atoms with van der Waals surface area (Å²) in [6.07, 6.45) is 2.16. The second-order valence-corrected chi connectivity index (χ2v) is 7.45. The molecule has 82 valence electrons. The van der Waals surface area contributed by atoms with Crippen molar-refractivity contribution in [3.05, 3.63) is 22.8 Å². The van der Waals surface area contributed by atoms with Crippen LogP contribution in [0.25, 0.3) is 0 Å². The van der Waals surface area contributed by atoms with Gasteiger partial charge in [-0.05, 0) is 92.7 Å². The summed E-state index contributed by atoms with van der Waals surface area (Å²) >= 11 is 12.9. The first kappa shape index (κ1) is 12.9. The molecule has 0 aromatic heterocycles. The van der Waals surface area contributed by atoms with Crippen molar-refractivity contribution in [2.24, 2.45) is 0 Å². The first-order valence-corrected chi connectivity index (χ1v) is 8.23. The van der Waals surface area contributed by atoms with Gasteiger partial charge in [0.1, 0.15) is 11.4 Å². The fourth-order valence-electron chi connectivity index (χ4n) is 1.25. The summed E-state index contributed by atoms with van der Waals surface area (Å²) in [6, 6.07) is 4.26. The smallest absolute Gasteiger partial charge is 0.146 e. The third kappa shape index (κ3) is 3.04. The Labute approximate surface area is 135 Å². The second kappa shape index (κ2) is 5.01. The van der Waals surface area contributed by atoms with Crippen molar-refractivity contribution in [3.63, 3.8) is 0 Å². The van der Waals surface area contributed by atoms with Crippen molar-refractivity contribution >= 4 is 79.4 Å². The molecule has 1 aromatic carbocycles. The number of hydrogen-bond acceptors (Lipinski definition) is 1. The van der Waals surface area contributed by atoms with E-state index < -0.39 is 0 Å². The molecule has 2 rings (SSSR count). The molecule has 15 heavy (non-hydrogen) atoms. The van der Waals surface area contributed by atoms with Crippen molar-refractivity contribution in [2.75, 3.05) is 5.88 Å². The van der Waals surface area contributed by atoms with Gasteiger partial charge in [-0.3, -0.25) is 0 Å². The lowest BCUT2D eigenvalue weighted by atomic mass is 10.3. The molecule has 0 atom stereocenters. The molecule has 0 unspecified atom stereocenters. The largest absolute Gasteiger partial charge is 0.484 e. The van der Waals surface area contributed by atoms with E-state index in [1.54, 1.807) is 0 Å². The molecule has 0 heterocycles. The number of benzene rings is 1. The Morgan fingerprint density at radius 3 is 2.13 bits per heavy atom. The van der Waals surface area contributed by atoms with Crippen LogP contribution >= 0.6 is 79.4 Å². The molecule has 0 N–H and O–H groups in total. The SMILES string of the molecule is ClCC1(Oc2c(I)cc(I)cc2I)CC1. The minimum absolute atomic E-state index is 0.0752. The zero-order valence-corrected chi connectivity index (χ0v) is 14.9. The van der Waals surface area contributed by atoms with Gasteiger partial charge >= 0.3 is 0 Å². The molecule has 0 aliphatic heterocycles. The third-order valence-corrected chi connectivity index (χ3v) is 5.05. The highest BCUT2D eigenvalue weighted by atomic mass is 127. The summed E-state index contributed by atoms with van der Waals surface area (Å²) in [7, 11) is 0. The van der Waals surface area contributed by atoms with Crippen LogP contribution in [0.4, 0.5) is 0 Å². The lowest BCUT2D eigenvalue weighted by molar-refractivity contribution is 0.200. The van der Waals surface area contributed by atoms with Gasteiger partial charge < -0.3 is 4.74 Å². The predicted molar refractivity (Wildman–Crippen MR) is 87.9 cm³/mol. The molecule has 1 saturated carbocycles. The van der Waals surface area contributed by atoms with E-state index in [4.69, 9.17) is 16.3 Å². The molecule has 1 fully saturated rings. The van der Waals surface area contributed by atoms with Crippen molar-refractivity contribution in [3.8, 4) is 5.75 Å². The van der Waals surface area contributed by atoms with Crippen LogP contribution in [-0.4, -0.2) is 11.5 Å². The lowest BCUT2D eigenvalue weighted by Gasteiger charge is -2.18. The van der Waals surface area contributed by atoms with Crippen LogP contribution in [0.2, 0.25) is 0 Å². The molecule has 1 aliphatic carbocycles. The molecule has 0 radical (unpaired) electrons. The van der Waals surface area contributed by atoms with Crippen LogP contribution in [0.1, 0.15) is 12.8 Å². The molecule has 5 heteroatoms. The number of halogens is 4. The zero-order chi connectivity index (χ0) is 11.1. The van der Waals surface area contributed by atoms with Crippen molar-refractivity contribution in [1.82, 2.24) is 0 Å². The average molecular weight is 560 g/mol. The maximum Gasteiger partial charge on any atom is 0.146 e. The monoisotopic (exact) mass is 560 g/mol. The van der Waals surface area contributed by atoms with Gasteiger partial charge in [-0.25, -0.2) is 0 Å². The molecule has 0 spiro atoms. The van der Waals surface area contributed by atoms with Gasteiger partial charge in [-0.1, -0.05) is 0 Å². The maximum atomic E-state index is 6.03. The van der Waals surface area contributed by atoms with E-state index in [1.165, 1.54) is 10.7 Å². The lowest BCUT2D eigenvalue weighted by Crippen LogP contribution is -2.21. The molecular formula is C10H8ClI3O. The van der Waals surface area contributed by atoms with E-state index in [1.807, 2.05) is 0 Å². The van der Waals surface area contributed by atoms with Gasteiger partial charge in [0.25, 0.3) is 0 Å². The van der Waals surface area contributed by atoms with Crippen LogP contribution in [0, 0.1) is 10.7 Å². The number of rotatable bonds is 3. The first-order chi connectivity index (χ1) is 7.06. The van der Waals surface area contributed by atoms with Gasteiger partial charge in [0, 0.05) is 3.57 Å². The summed E-state index contributed by atoms with van der Waals surface area (Å²) < 4.78 is 9.60. The number of alkyl halides is 1.